The monoisotopic (exact) mass is 541 g/mol. The first kappa shape index (κ1) is 25.4. The Morgan fingerprint density at radius 2 is 1.91 bits per heavy atom. The van der Waals surface area contributed by atoms with Crippen molar-refractivity contribution in [2.24, 2.45) is 5.92 Å². The van der Waals surface area contributed by atoms with Gasteiger partial charge in [-0.1, -0.05) is 6.07 Å². The minimum Gasteiger partial charge on any atom is -0.452 e. The number of ether oxygens (including phenoxy) is 1. The number of nitrogens with zero attached hydrogens (tertiary/aromatic N) is 2. The van der Waals surface area contributed by atoms with Crippen LogP contribution in [0.4, 0.5) is 13.9 Å². The Bertz CT molecular complexity index is 1320. The smallest absolute Gasteiger partial charge is 0.309 e. The van der Waals surface area contributed by atoms with Gasteiger partial charge in [0.05, 0.1) is 11.6 Å². The van der Waals surface area contributed by atoms with E-state index in [0.717, 1.165) is 34.8 Å². The van der Waals surface area contributed by atoms with Crippen molar-refractivity contribution in [1.82, 2.24) is 9.29 Å². The van der Waals surface area contributed by atoms with Crippen LogP contribution in [0, 0.1) is 17.6 Å². The first-order valence-electron chi connectivity index (χ1n) is 10.6. The number of carbonyl (C=O) groups is 2. The Morgan fingerprint density at radius 1 is 1.17 bits per heavy atom. The molecule has 1 aliphatic heterocycles. The van der Waals surface area contributed by atoms with Gasteiger partial charge in [-0.3, -0.25) is 14.9 Å². The number of nitrogens with one attached hydrogen (secondary N) is 1. The predicted octanol–water partition coefficient (Wildman–Crippen LogP) is 4.12. The van der Waals surface area contributed by atoms with Crippen molar-refractivity contribution in [3.8, 4) is 11.3 Å². The van der Waals surface area contributed by atoms with Crippen molar-refractivity contribution in [1.29, 1.82) is 0 Å². The van der Waals surface area contributed by atoms with Crippen molar-refractivity contribution in [3.63, 3.8) is 0 Å². The van der Waals surface area contributed by atoms with Gasteiger partial charge >= 0.3 is 5.97 Å². The molecule has 3 heterocycles. The van der Waals surface area contributed by atoms with E-state index in [1.165, 1.54) is 17.3 Å². The molecule has 0 spiro atoms. The van der Waals surface area contributed by atoms with Crippen LogP contribution in [0.5, 0.6) is 0 Å². The van der Waals surface area contributed by atoms with Gasteiger partial charge < -0.3 is 4.74 Å². The molecule has 3 aromatic rings. The Morgan fingerprint density at radius 3 is 2.57 bits per heavy atom. The van der Waals surface area contributed by atoms with E-state index in [1.807, 2.05) is 0 Å². The fourth-order valence-electron chi connectivity index (χ4n) is 3.52. The van der Waals surface area contributed by atoms with Crippen molar-refractivity contribution in [2.75, 3.05) is 18.4 Å². The van der Waals surface area contributed by atoms with Crippen LogP contribution in [0.1, 0.15) is 19.8 Å². The molecule has 4 rings (SSSR count). The Labute approximate surface area is 208 Å². The number of sulfonamides is 1. The van der Waals surface area contributed by atoms with E-state index < -0.39 is 45.6 Å². The summed E-state index contributed by atoms with van der Waals surface area (Å²) in [7, 11) is -3.57. The summed E-state index contributed by atoms with van der Waals surface area (Å²) >= 11 is 2.23. The molecule has 0 saturated carbocycles. The summed E-state index contributed by atoms with van der Waals surface area (Å²) < 4.78 is 58.7. The van der Waals surface area contributed by atoms with Crippen LogP contribution in [0.3, 0.4) is 0 Å². The topological polar surface area (TPSA) is 106 Å². The Hall–Kier alpha value is -2.74. The van der Waals surface area contributed by atoms with Crippen LogP contribution < -0.4 is 5.32 Å². The molecule has 0 aliphatic carbocycles. The Kier molecular flexibility index (Phi) is 7.59. The second-order valence-corrected chi connectivity index (χ2v) is 11.8. The number of hydrogen-bond donors (Lipinski definition) is 1. The molecule has 8 nitrogen and oxygen atoms in total. The standard InChI is InChI=1S/C22H21F2N3O5S3/c1-13(20(28)26-22-25-18(12-34-22)15-4-5-16(23)17(24)11-15)32-21(29)14-6-8-27(9-7-14)35(30,31)19-3-2-10-33-19/h2-5,10-14H,6-9H2,1H3,(H,25,26,28)/t13-/m1/s1. The highest BCUT2D eigenvalue weighted by Crippen LogP contribution is 2.28. The van der Waals surface area contributed by atoms with Gasteiger partial charge in [0, 0.05) is 24.0 Å². The molecule has 0 bridgehead atoms. The first-order valence-corrected chi connectivity index (χ1v) is 13.8. The maximum atomic E-state index is 13.5. The largest absolute Gasteiger partial charge is 0.452 e. The number of benzene rings is 1. The van der Waals surface area contributed by atoms with E-state index in [0.29, 0.717) is 24.1 Å². The molecule has 1 atom stereocenters. The summed E-state index contributed by atoms with van der Waals surface area (Å²) in [6.07, 6.45) is -0.519. The lowest BCUT2D eigenvalue weighted by atomic mass is 9.98. The molecule has 35 heavy (non-hydrogen) atoms. The summed E-state index contributed by atoms with van der Waals surface area (Å²) in [5.74, 6) is -3.65. The molecule has 1 amide bonds. The highest BCUT2D eigenvalue weighted by Gasteiger charge is 2.34. The summed E-state index contributed by atoms with van der Waals surface area (Å²) in [6, 6.07) is 6.59. The summed E-state index contributed by atoms with van der Waals surface area (Å²) in [5.41, 5.74) is 0.714. The summed E-state index contributed by atoms with van der Waals surface area (Å²) in [5, 5.41) is 6.03. The molecule has 1 fully saturated rings. The number of thiazole rings is 1. The van der Waals surface area contributed by atoms with Crippen LogP contribution in [0.2, 0.25) is 0 Å². The van der Waals surface area contributed by atoms with E-state index in [1.54, 1.807) is 22.9 Å². The first-order chi connectivity index (χ1) is 16.6. The van der Waals surface area contributed by atoms with Gasteiger partial charge in [-0.25, -0.2) is 22.2 Å². The van der Waals surface area contributed by atoms with Gasteiger partial charge in [-0.15, -0.1) is 22.7 Å². The molecular formula is C22H21F2N3O5S3. The molecular weight excluding hydrogens is 520 g/mol. The van der Waals surface area contributed by atoms with Gasteiger partial charge in [0.1, 0.15) is 4.21 Å². The van der Waals surface area contributed by atoms with Gasteiger partial charge in [-0.2, -0.15) is 4.31 Å². The average molecular weight is 542 g/mol. The molecule has 1 aliphatic rings. The minimum absolute atomic E-state index is 0.187. The lowest BCUT2D eigenvalue weighted by Crippen LogP contribution is -2.41. The van der Waals surface area contributed by atoms with Crippen LogP contribution in [0.15, 0.2) is 45.3 Å². The SMILES string of the molecule is C[C@@H](OC(=O)C1CCN(S(=O)(=O)c2cccs2)CC1)C(=O)Nc1nc(-c2ccc(F)c(F)c2)cs1. The molecule has 1 saturated heterocycles. The fourth-order valence-corrected chi connectivity index (χ4v) is 6.86. The Balaban J connectivity index is 1.29. The number of carbonyl (C=O) groups excluding carboxylic acids is 2. The fraction of sp³-hybridized carbons (Fsp3) is 0.318. The van der Waals surface area contributed by atoms with Crippen LogP contribution in [-0.4, -0.2) is 48.8 Å². The van der Waals surface area contributed by atoms with Gasteiger partial charge in [0.2, 0.25) is 0 Å². The molecule has 1 aromatic carbocycles. The lowest BCUT2D eigenvalue weighted by molar-refractivity contribution is -0.158. The van der Waals surface area contributed by atoms with Crippen molar-refractivity contribution in [2.45, 2.75) is 30.1 Å². The van der Waals surface area contributed by atoms with Crippen LogP contribution in [-0.2, 0) is 24.3 Å². The van der Waals surface area contributed by atoms with E-state index in [9.17, 15) is 26.8 Å². The van der Waals surface area contributed by atoms with Crippen molar-refractivity contribution < 1.29 is 31.5 Å². The molecule has 2 aromatic heterocycles. The highest BCUT2D eigenvalue weighted by atomic mass is 32.2. The number of rotatable bonds is 7. The maximum absolute atomic E-state index is 13.5. The van der Waals surface area contributed by atoms with E-state index in [2.05, 4.69) is 10.3 Å². The van der Waals surface area contributed by atoms with E-state index >= 15 is 0 Å². The van der Waals surface area contributed by atoms with Crippen LogP contribution >= 0.6 is 22.7 Å². The predicted molar refractivity (Wildman–Crippen MR) is 127 cm³/mol. The number of piperidine rings is 1. The van der Waals surface area contributed by atoms with Gasteiger partial charge in [0.25, 0.3) is 15.9 Å². The minimum atomic E-state index is -3.57. The second kappa shape index (κ2) is 10.5. The van der Waals surface area contributed by atoms with Crippen molar-refractivity contribution in [3.05, 3.63) is 52.7 Å². The van der Waals surface area contributed by atoms with Crippen molar-refractivity contribution >= 4 is 49.7 Å². The van der Waals surface area contributed by atoms with Gasteiger partial charge in [0.15, 0.2) is 22.9 Å². The molecule has 0 unspecified atom stereocenters. The zero-order valence-corrected chi connectivity index (χ0v) is 20.9. The zero-order chi connectivity index (χ0) is 25.2. The number of thiophene rings is 1. The number of hydrogen-bond acceptors (Lipinski definition) is 8. The summed E-state index contributed by atoms with van der Waals surface area (Å²) in [4.78, 5) is 29.2. The molecule has 13 heteroatoms. The maximum Gasteiger partial charge on any atom is 0.309 e. The van der Waals surface area contributed by atoms with Crippen LogP contribution in [0.25, 0.3) is 11.3 Å². The van der Waals surface area contributed by atoms with E-state index in [4.69, 9.17) is 4.74 Å². The van der Waals surface area contributed by atoms with Gasteiger partial charge in [-0.05, 0) is 49.4 Å². The zero-order valence-electron chi connectivity index (χ0n) is 18.4. The quantitative estimate of drug-likeness (QED) is 0.451. The third kappa shape index (κ3) is 5.74. The number of anilines is 1. The highest BCUT2D eigenvalue weighted by molar-refractivity contribution is 7.91. The number of esters is 1. The van der Waals surface area contributed by atoms with E-state index in [-0.39, 0.29) is 22.4 Å². The lowest BCUT2D eigenvalue weighted by Gasteiger charge is -2.30. The third-order valence-corrected chi connectivity index (χ3v) is 9.52. The third-order valence-electron chi connectivity index (χ3n) is 5.49. The number of amides is 1. The number of halogens is 2. The second-order valence-electron chi connectivity index (χ2n) is 7.85. The normalized spacial score (nSPS) is 16.1. The average Bonchev–Trinajstić information content (AvgIpc) is 3.54. The number of aromatic nitrogens is 1. The molecule has 1 N–H and O–H groups in total. The summed E-state index contributed by atoms with van der Waals surface area (Å²) in [6.45, 7) is 1.80. The molecule has 186 valence electrons. The molecule has 0 radical (unpaired) electrons.